The van der Waals surface area contributed by atoms with Crippen LogP contribution >= 0.6 is 15.9 Å². The summed E-state index contributed by atoms with van der Waals surface area (Å²) in [7, 11) is 0. The molecule has 0 unspecified atom stereocenters. The van der Waals surface area contributed by atoms with E-state index >= 15 is 0 Å². The Labute approximate surface area is 115 Å². The third-order valence-corrected chi connectivity index (χ3v) is 3.18. The van der Waals surface area contributed by atoms with Crippen LogP contribution in [0.25, 0.3) is 11.2 Å². The van der Waals surface area contributed by atoms with Crippen molar-refractivity contribution < 1.29 is 8.78 Å². The third-order valence-electron chi connectivity index (χ3n) is 2.74. The van der Waals surface area contributed by atoms with Crippen LogP contribution in [0, 0.1) is 11.6 Å². The summed E-state index contributed by atoms with van der Waals surface area (Å²) in [5.74, 6) is -1.14. The molecule has 1 aromatic carbocycles. The molecule has 0 amide bonds. The van der Waals surface area contributed by atoms with Gasteiger partial charge in [-0.2, -0.15) is 0 Å². The zero-order valence-electron chi connectivity index (χ0n) is 9.62. The lowest BCUT2D eigenvalue weighted by atomic mass is 10.1. The Balaban J connectivity index is 1.99. The summed E-state index contributed by atoms with van der Waals surface area (Å²) >= 11 is 3.31. The van der Waals surface area contributed by atoms with Crippen molar-refractivity contribution in [2.24, 2.45) is 0 Å². The van der Waals surface area contributed by atoms with Crippen molar-refractivity contribution in [2.45, 2.75) is 6.42 Å². The number of aromatic amines is 1. The molecule has 0 atom stereocenters. The highest BCUT2D eigenvalue weighted by molar-refractivity contribution is 9.10. The second-order valence-electron chi connectivity index (χ2n) is 4.10. The van der Waals surface area contributed by atoms with Crippen molar-refractivity contribution in [1.29, 1.82) is 0 Å². The number of aromatic nitrogens is 3. The molecule has 0 spiro atoms. The molecular formula is C13H8BrF2N3. The number of imidazole rings is 1. The molecule has 0 aliphatic rings. The average molecular weight is 324 g/mol. The molecular weight excluding hydrogens is 316 g/mol. The first-order valence-electron chi connectivity index (χ1n) is 5.56. The Morgan fingerprint density at radius 1 is 1.26 bits per heavy atom. The lowest BCUT2D eigenvalue weighted by molar-refractivity contribution is 0.500. The van der Waals surface area contributed by atoms with Gasteiger partial charge >= 0.3 is 0 Å². The second kappa shape index (κ2) is 4.70. The van der Waals surface area contributed by atoms with Gasteiger partial charge < -0.3 is 4.98 Å². The van der Waals surface area contributed by atoms with Crippen LogP contribution in [-0.4, -0.2) is 15.0 Å². The zero-order valence-corrected chi connectivity index (χ0v) is 11.2. The van der Waals surface area contributed by atoms with Crippen molar-refractivity contribution in [1.82, 2.24) is 15.0 Å². The number of rotatable bonds is 2. The Kier molecular flexibility index (Phi) is 3.02. The third kappa shape index (κ3) is 2.35. The Morgan fingerprint density at radius 3 is 2.95 bits per heavy atom. The quantitative estimate of drug-likeness (QED) is 0.783. The van der Waals surface area contributed by atoms with Gasteiger partial charge in [0.25, 0.3) is 0 Å². The van der Waals surface area contributed by atoms with Crippen LogP contribution in [0.5, 0.6) is 0 Å². The number of fused-ring (bicyclic) bond motifs is 1. The molecule has 1 N–H and O–H groups in total. The second-order valence-corrected chi connectivity index (χ2v) is 5.01. The fraction of sp³-hybridized carbons (Fsp3) is 0.0769. The largest absolute Gasteiger partial charge is 0.340 e. The minimum Gasteiger partial charge on any atom is -0.340 e. The Morgan fingerprint density at radius 2 is 2.11 bits per heavy atom. The van der Waals surface area contributed by atoms with E-state index in [1.807, 2.05) is 6.07 Å². The SMILES string of the molecule is Fc1cccc(Cc2nc3ncc(Br)cc3[nH]2)c1F. The smallest absolute Gasteiger partial charge is 0.177 e. The van der Waals surface area contributed by atoms with Crippen LogP contribution in [0.3, 0.4) is 0 Å². The van der Waals surface area contributed by atoms with Gasteiger partial charge in [-0.25, -0.2) is 18.7 Å². The Bertz CT molecular complexity index is 755. The first-order chi connectivity index (χ1) is 9.13. The minimum atomic E-state index is -0.852. The number of nitrogens with zero attached hydrogens (tertiary/aromatic N) is 2. The molecule has 0 aliphatic carbocycles. The van der Waals surface area contributed by atoms with E-state index in [2.05, 4.69) is 30.9 Å². The van der Waals surface area contributed by atoms with Crippen molar-refractivity contribution in [3.05, 3.63) is 58.0 Å². The number of pyridine rings is 1. The van der Waals surface area contributed by atoms with Gasteiger partial charge in [-0.15, -0.1) is 0 Å². The van der Waals surface area contributed by atoms with E-state index in [1.54, 1.807) is 6.20 Å². The minimum absolute atomic E-state index is 0.192. The van der Waals surface area contributed by atoms with Crippen LogP contribution in [-0.2, 0) is 6.42 Å². The highest BCUT2D eigenvalue weighted by atomic mass is 79.9. The van der Waals surface area contributed by atoms with Crippen LogP contribution < -0.4 is 0 Å². The van der Waals surface area contributed by atoms with Crippen molar-refractivity contribution >= 4 is 27.1 Å². The molecule has 3 nitrogen and oxygen atoms in total. The van der Waals surface area contributed by atoms with Crippen molar-refractivity contribution in [3.63, 3.8) is 0 Å². The average Bonchev–Trinajstić information content (AvgIpc) is 2.76. The fourth-order valence-corrected chi connectivity index (χ4v) is 2.20. The summed E-state index contributed by atoms with van der Waals surface area (Å²) in [5, 5.41) is 0. The van der Waals surface area contributed by atoms with E-state index < -0.39 is 11.6 Å². The van der Waals surface area contributed by atoms with Crippen molar-refractivity contribution in [2.75, 3.05) is 0 Å². The summed E-state index contributed by atoms with van der Waals surface area (Å²) in [5.41, 5.74) is 1.56. The van der Waals surface area contributed by atoms with Crippen LogP contribution in [0.4, 0.5) is 8.78 Å². The van der Waals surface area contributed by atoms with Gasteiger partial charge in [0.2, 0.25) is 0 Å². The highest BCUT2D eigenvalue weighted by Gasteiger charge is 2.11. The standard InChI is InChI=1S/C13H8BrF2N3/c14-8-5-10-13(17-6-8)19-11(18-10)4-7-2-1-3-9(15)12(7)16/h1-3,5-6H,4H2,(H,17,18,19). The molecule has 0 saturated heterocycles. The normalized spacial score (nSPS) is 11.1. The van der Waals surface area contributed by atoms with Gasteiger partial charge in [0.1, 0.15) is 5.82 Å². The number of hydrogen-bond donors (Lipinski definition) is 1. The zero-order chi connectivity index (χ0) is 13.4. The molecule has 0 saturated carbocycles. The molecule has 0 bridgehead atoms. The maximum atomic E-state index is 13.6. The molecule has 0 radical (unpaired) electrons. The molecule has 19 heavy (non-hydrogen) atoms. The van der Waals surface area contributed by atoms with Gasteiger partial charge in [-0.3, -0.25) is 0 Å². The van der Waals surface area contributed by atoms with Gasteiger partial charge in [0, 0.05) is 17.1 Å². The van der Waals surface area contributed by atoms with E-state index in [0.717, 1.165) is 16.1 Å². The fourth-order valence-electron chi connectivity index (χ4n) is 1.87. The number of benzene rings is 1. The number of halogens is 3. The summed E-state index contributed by atoms with van der Waals surface area (Å²) in [6.07, 6.45) is 1.83. The van der Waals surface area contributed by atoms with E-state index in [4.69, 9.17) is 0 Å². The Hall–Kier alpha value is -1.82. The molecule has 0 fully saturated rings. The molecule has 96 valence electrons. The maximum Gasteiger partial charge on any atom is 0.177 e. The van der Waals surface area contributed by atoms with E-state index in [0.29, 0.717) is 11.5 Å². The molecule has 6 heteroatoms. The van der Waals surface area contributed by atoms with Gasteiger partial charge in [0.05, 0.1) is 5.52 Å². The summed E-state index contributed by atoms with van der Waals surface area (Å²) in [4.78, 5) is 11.4. The maximum absolute atomic E-state index is 13.6. The van der Waals surface area contributed by atoms with E-state index in [-0.39, 0.29) is 12.0 Å². The summed E-state index contributed by atoms with van der Waals surface area (Å²) in [6, 6.07) is 5.94. The van der Waals surface area contributed by atoms with Gasteiger partial charge in [0.15, 0.2) is 17.3 Å². The van der Waals surface area contributed by atoms with Crippen LogP contribution in [0.2, 0.25) is 0 Å². The monoisotopic (exact) mass is 323 g/mol. The molecule has 2 heterocycles. The molecule has 2 aromatic heterocycles. The van der Waals surface area contributed by atoms with Gasteiger partial charge in [-0.1, -0.05) is 12.1 Å². The van der Waals surface area contributed by atoms with E-state index in [1.165, 1.54) is 12.1 Å². The lowest BCUT2D eigenvalue weighted by Gasteiger charge is -2.00. The van der Waals surface area contributed by atoms with Crippen molar-refractivity contribution in [3.8, 4) is 0 Å². The van der Waals surface area contributed by atoms with Crippen LogP contribution in [0.1, 0.15) is 11.4 Å². The summed E-state index contributed by atoms with van der Waals surface area (Å²) < 4.78 is 27.5. The molecule has 3 rings (SSSR count). The van der Waals surface area contributed by atoms with Crippen LogP contribution in [0.15, 0.2) is 34.9 Å². The number of hydrogen-bond acceptors (Lipinski definition) is 2. The predicted molar refractivity (Wildman–Crippen MR) is 70.8 cm³/mol. The summed E-state index contributed by atoms with van der Waals surface area (Å²) in [6.45, 7) is 0. The number of nitrogens with one attached hydrogen (secondary N) is 1. The first-order valence-corrected chi connectivity index (χ1v) is 6.36. The van der Waals surface area contributed by atoms with Gasteiger partial charge in [-0.05, 0) is 33.6 Å². The first kappa shape index (κ1) is 12.2. The lowest BCUT2D eigenvalue weighted by Crippen LogP contribution is -1.97. The molecule has 3 aromatic rings. The highest BCUT2D eigenvalue weighted by Crippen LogP contribution is 2.18. The number of H-pyrrole nitrogens is 1. The topological polar surface area (TPSA) is 41.6 Å². The predicted octanol–water partition coefficient (Wildman–Crippen LogP) is 3.59. The van der Waals surface area contributed by atoms with E-state index in [9.17, 15) is 8.78 Å². The molecule has 0 aliphatic heterocycles.